The second-order valence-corrected chi connectivity index (χ2v) is 5.11. The lowest BCUT2D eigenvalue weighted by molar-refractivity contribution is 0.262. The van der Waals surface area contributed by atoms with Crippen LogP contribution < -0.4 is 21.1 Å². The highest BCUT2D eigenvalue weighted by Crippen LogP contribution is 2.24. The van der Waals surface area contributed by atoms with Gasteiger partial charge in [0.25, 0.3) is 0 Å². The van der Waals surface area contributed by atoms with Gasteiger partial charge in [0.05, 0.1) is 11.9 Å². The van der Waals surface area contributed by atoms with Crippen molar-refractivity contribution in [3.63, 3.8) is 0 Å². The van der Waals surface area contributed by atoms with Gasteiger partial charge in [0.2, 0.25) is 0 Å². The van der Waals surface area contributed by atoms with E-state index in [0.717, 1.165) is 0 Å². The van der Waals surface area contributed by atoms with Crippen molar-refractivity contribution in [3.05, 3.63) is 72.7 Å². The average Bonchev–Trinajstić information content (AvgIpc) is 2.59. The van der Waals surface area contributed by atoms with Crippen LogP contribution in [0.2, 0.25) is 0 Å². The van der Waals surface area contributed by atoms with Crippen LogP contribution >= 0.6 is 0 Å². The summed E-state index contributed by atoms with van der Waals surface area (Å²) in [5.74, 6) is 0.913. The smallest absolute Gasteiger partial charge is 0.323 e. The van der Waals surface area contributed by atoms with Gasteiger partial charge in [0.1, 0.15) is 23.1 Å². The van der Waals surface area contributed by atoms with E-state index in [2.05, 4.69) is 15.6 Å². The molecule has 2 amide bonds. The van der Waals surface area contributed by atoms with E-state index in [1.54, 1.807) is 48.5 Å². The molecule has 0 spiro atoms. The highest BCUT2D eigenvalue weighted by molar-refractivity contribution is 5.99. The maximum absolute atomic E-state index is 13.5. The molecule has 0 aliphatic rings. The summed E-state index contributed by atoms with van der Waals surface area (Å²) < 4.78 is 19.2. The Morgan fingerprint density at radius 2 is 1.84 bits per heavy atom. The maximum Gasteiger partial charge on any atom is 0.323 e. The van der Waals surface area contributed by atoms with Crippen LogP contribution in [-0.4, -0.2) is 11.0 Å². The van der Waals surface area contributed by atoms with Crippen molar-refractivity contribution in [2.24, 2.45) is 0 Å². The molecule has 3 aromatic rings. The van der Waals surface area contributed by atoms with Gasteiger partial charge < -0.3 is 21.1 Å². The Balaban J connectivity index is 1.66. The van der Waals surface area contributed by atoms with E-state index in [1.807, 2.05) is 0 Å². The fourth-order valence-corrected chi connectivity index (χ4v) is 2.07. The van der Waals surface area contributed by atoms with Gasteiger partial charge in [0, 0.05) is 11.8 Å². The topological polar surface area (TPSA) is 89.3 Å². The number of nitrogen functional groups attached to an aromatic ring is 1. The van der Waals surface area contributed by atoms with Crippen molar-refractivity contribution < 1.29 is 13.9 Å². The van der Waals surface area contributed by atoms with Gasteiger partial charge in [-0.05, 0) is 36.4 Å². The first kappa shape index (κ1) is 16.3. The van der Waals surface area contributed by atoms with Gasteiger partial charge in [-0.2, -0.15) is 0 Å². The first-order chi connectivity index (χ1) is 12.1. The van der Waals surface area contributed by atoms with Gasteiger partial charge >= 0.3 is 6.03 Å². The molecule has 0 atom stereocenters. The number of hydrogen-bond donors (Lipinski definition) is 3. The molecule has 1 aromatic heterocycles. The zero-order chi connectivity index (χ0) is 17.6. The number of carbonyl (C=O) groups excluding carboxylic acids is 1. The maximum atomic E-state index is 13.5. The van der Waals surface area contributed by atoms with E-state index in [4.69, 9.17) is 10.5 Å². The third kappa shape index (κ3) is 4.44. The van der Waals surface area contributed by atoms with E-state index in [1.165, 1.54) is 18.3 Å². The van der Waals surface area contributed by atoms with Crippen LogP contribution in [0.3, 0.4) is 0 Å². The number of nitrogens with two attached hydrogens (primary N) is 1. The third-order valence-electron chi connectivity index (χ3n) is 3.21. The molecule has 1 heterocycles. The molecule has 6 nitrogen and oxygen atoms in total. The molecule has 2 aromatic carbocycles. The molecule has 0 radical (unpaired) electrons. The summed E-state index contributed by atoms with van der Waals surface area (Å²) in [6, 6.07) is 15.5. The summed E-state index contributed by atoms with van der Waals surface area (Å²) in [7, 11) is 0. The minimum absolute atomic E-state index is 0.0975. The largest absolute Gasteiger partial charge is 0.456 e. The van der Waals surface area contributed by atoms with Gasteiger partial charge in [-0.15, -0.1) is 0 Å². The molecule has 4 N–H and O–H groups in total. The predicted molar refractivity (Wildman–Crippen MR) is 94.2 cm³/mol. The second kappa shape index (κ2) is 7.31. The number of amides is 2. The highest BCUT2D eigenvalue weighted by Gasteiger charge is 2.07. The van der Waals surface area contributed by atoms with E-state index in [-0.39, 0.29) is 5.69 Å². The lowest BCUT2D eigenvalue weighted by Gasteiger charge is -2.10. The SMILES string of the molecule is Nc1ccc(Oc2cccc(NC(=O)Nc3ccccc3F)c2)cn1. The molecule has 3 rings (SSSR count). The summed E-state index contributed by atoms with van der Waals surface area (Å²) in [5.41, 5.74) is 6.12. The number of nitrogens with zero attached hydrogens (tertiary/aromatic N) is 1. The number of anilines is 3. The third-order valence-corrected chi connectivity index (χ3v) is 3.21. The molecule has 0 aliphatic heterocycles. The lowest BCUT2D eigenvalue weighted by atomic mass is 10.3. The first-order valence-corrected chi connectivity index (χ1v) is 7.42. The number of urea groups is 1. The number of ether oxygens (including phenoxy) is 1. The Morgan fingerprint density at radius 3 is 2.60 bits per heavy atom. The molecule has 0 saturated heterocycles. The number of para-hydroxylation sites is 1. The highest BCUT2D eigenvalue weighted by atomic mass is 19.1. The van der Waals surface area contributed by atoms with E-state index < -0.39 is 11.8 Å². The van der Waals surface area contributed by atoms with Gasteiger partial charge in [0.15, 0.2) is 0 Å². The average molecular weight is 338 g/mol. The summed E-state index contributed by atoms with van der Waals surface area (Å²) in [6.45, 7) is 0. The van der Waals surface area contributed by atoms with E-state index in [9.17, 15) is 9.18 Å². The Kier molecular flexibility index (Phi) is 4.75. The Labute approximate surface area is 143 Å². The standard InChI is InChI=1S/C18H15FN4O2/c19-15-6-1-2-7-16(15)23-18(24)22-12-4-3-5-13(10-12)25-14-8-9-17(20)21-11-14/h1-11H,(H2,20,21)(H2,22,23,24). The van der Waals surface area contributed by atoms with Gasteiger partial charge in [-0.3, -0.25) is 0 Å². The Bertz CT molecular complexity index is 884. The number of halogens is 1. The summed E-state index contributed by atoms with van der Waals surface area (Å²) in [5, 5.41) is 5.06. The molecule has 0 bridgehead atoms. The minimum atomic E-state index is -0.559. The minimum Gasteiger partial charge on any atom is -0.456 e. The predicted octanol–water partition coefficient (Wildman–Crippen LogP) is 4.24. The van der Waals surface area contributed by atoms with Gasteiger partial charge in [-0.25, -0.2) is 14.2 Å². The molecular weight excluding hydrogens is 323 g/mol. The number of pyridine rings is 1. The van der Waals surface area contributed by atoms with Crippen molar-refractivity contribution in [1.82, 2.24) is 4.98 Å². The summed E-state index contributed by atoms with van der Waals surface area (Å²) in [6.07, 6.45) is 1.50. The summed E-state index contributed by atoms with van der Waals surface area (Å²) >= 11 is 0. The molecular formula is C18H15FN4O2. The molecule has 0 fully saturated rings. The number of nitrogens with one attached hydrogen (secondary N) is 2. The lowest BCUT2D eigenvalue weighted by Crippen LogP contribution is -2.20. The van der Waals surface area contributed by atoms with Crippen molar-refractivity contribution in [1.29, 1.82) is 0 Å². The Hall–Kier alpha value is -3.61. The van der Waals surface area contributed by atoms with Crippen LogP contribution in [0.1, 0.15) is 0 Å². The van der Waals surface area contributed by atoms with E-state index >= 15 is 0 Å². The number of aromatic nitrogens is 1. The monoisotopic (exact) mass is 338 g/mol. The zero-order valence-electron chi connectivity index (χ0n) is 13.1. The van der Waals surface area contributed by atoms with Crippen LogP contribution in [0.25, 0.3) is 0 Å². The van der Waals surface area contributed by atoms with Crippen molar-refractivity contribution in [3.8, 4) is 11.5 Å². The van der Waals surface area contributed by atoms with E-state index in [0.29, 0.717) is 23.0 Å². The molecule has 7 heteroatoms. The Morgan fingerprint density at radius 1 is 1.00 bits per heavy atom. The van der Waals surface area contributed by atoms with Crippen LogP contribution in [-0.2, 0) is 0 Å². The van der Waals surface area contributed by atoms with Gasteiger partial charge in [-0.1, -0.05) is 18.2 Å². The fraction of sp³-hybridized carbons (Fsp3) is 0. The second-order valence-electron chi connectivity index (χ2n) is 5.11. The van der Waals surface area contributed by atoms with Crippen LogP contribution in [0, 0.1) is 5.82 Å². The number of hydrogen-bond acceptors (Lipinski definition) is 4. The van der Waals surface area contributed by atoms with Crippen LogP contribution in [0.4, 0.5) is 26.4 Å². The molecule has 0 saturated carbocycles. The zero-order valence-corrected chi connectivity index (χ0v) is 13.1. The van der Waals surface area contributed by atoms with Crippen molar-refractivity contribution in [2.75, 3.05) is 16.4 Å². The number of rotatable bonds is 4. The van der Waals surface area contributed by atoms with Crippen molar-refractivity contribution >= 4 is 23.2 Å². The normalized spacial score (nSPS) is 10.1. The molecule has 25 heavy (non-hydrogen) atoms. The molecule has 126 valence electrons. The summed E-state index contributed by atoms with van der Waals surface area (Å²) in [4.78, 5) is 15.9. The van der Waals surface area contributed by atoms with Crippen LogP contribution in [0.5, 0.6) is 11.5 Å². The molecule has 0 aliphatic carbocycles. The quantitative estimate of drug-likeness (QED) is 0.664. The van der Waals surface area contributed by atoms with Crippen molar-refractivity contribution in [2.45, 2.75) is 0 Å². The molecule has 0 unspecified atom stereocenters. The first-order valence-electron chi connectivity index (χ1n) is 7.42. The number of carbonyl (C=O) groups is 1. The number of benzene rings is 2. The van der Waals surface area contributed by atoms with Crippen LogP contribution in [0.15, 0.2) is 66.9 Å². The fourth-order valence-electron chi connectivity index (χ4n) is 2.07.